The van der Waals surface area contributed by atoms with E-state index in [2.05, 4.69) is 5.32 Å². The number of carbonyl (C=O) groups excluding carboxylic acids is 1. The van der Waals surface area contributed by atoms with E-state index in [1.165, 1.54) is 12.1 Å². The molecule has 1 amide bonds. The van der Waals surface area contributed by atoms with Crippen LogP contribution < -0.4 is 10.1 Å². The molecular formula is C21H20N2O4. The first-order valence-electron chi connectivity index (χ1n) is 8.70. The number of ether oxygens (including phenoxy) is 1. The molecule has 27 heavy (non-hydrogen) atoms. The monoisotopic (exact) mass is 364 g/mol. The number of benzene rings is 3. The molecule has 0 bridgehead atoms. The van der Waals surface area contributed by atoms with Crippen molar-refractivity contribution in [3.63, 3.8) is 0 Å². The second kappa shape index (κ2) is 7.86. The number of hydrogen-bond donors (Lipinski definition) is 1. The average molecular weight is 364 g/mol. The second-order valence-electron chi connectivity index (χ2n) is 6.24. The van der Waals surface area contributed by atoms with Crippen LogP contribution >= 0.6 is 0 Å². The largest absolute Gasteiger partial charge is 0.480 e. The normalized spacial score (nSPS) is 11.8. The fourth-order valence-electron chi connectivity index (χ4n) is 2.85. The van der Waals surface area contributed by atoms with E-state index in [-0.39, 0.29) is 11.6 Å². The highest BCUT2D eigenvalue weighted by molar-refractivity contribution is 5.96. The fraction of sp³-hybridized carbons (Fsp3) is 0.190. The third-order valence-electron chi connectivity index (χ3n) is 4.37. The topological polar surface area (TPSA) is 81.5 Å². The zero-order chi connectivity index (χ0) is 19.4. The summed E-state index contributed by atoms with van der Waals surface area (Å²) >= 11 is 0. The summed E-state index contributed by atoms with van der Waals surface area (Å²) < 4.78 is 5.98. The maximum Gasteiger partial charge on any atom is 0.271 e. The molecule has 3 rings (SSSR count). The van der Waals surface area contributed by atoms with Gasteiger partial charge in [-0.15, -0.1) is 0 Å². The summed E-state index contributed by atoms with van der Waals surface area (Å²) in [4.78, 5) is 23.2. The Morgan fingerprint density at radius 1 is 1.15 bits per heavy atom. The predicted molar refractivity (Wildman–Crippen MR) is 105 cm³/mol. The van der Waals surface area contributed by atoms with Gasteiger partial charge in [0.1, 0.15) is 5.75 Å². The van der Waals surface area contributed by atoms with Gasteiger partial charge in [-0.1, -0.05) is 49.4 Å². The lowest BCUT2D eigenvalue weighted by Crippen LogP contribution is -2.32. The van der Waals surface area contributed by atoms with Crippen LogP contribution in [0.2, 0.25) is 0 Å². The van der Waals surface area contributed by atoms with Crippen LogP contribution in [0.15, 0.2) is 60.7 Å². The lowest BCUT2D eigenvalue weighted by molar-refractivity contribution is -0.384. The Morgan fingerprint density at radius 3 is 2.63 bits per heavy atom. The molecule has 0 spiro atoms. The Kier molecular flexibility index (Phi) is 5.35. The molecule has 0 heterocycles. The highest BCUT2D eigenvalue weighted by atomic mass is 16.6. The molecule has 3 aromatic rings. The lowest BCUT2D eigenvalue weighted by atomic mass is 10.1. The van der Waals surface area contributed by atoms with Crippen molar-refractivity contribution in [3.8, 4) is 5.75 Å². The van der Waals surface area contributed by atoms with Crippen LogP contribution in [0.5, 0.6) is 5.75 Å². The molecule has 0 radical (unpaired) electrons. The number of nitro groups is 1. The number of anilines is 1. The smallest absolute Gasteiger partial charge is 0.271 e. The third-order valence-corrected chi connectivity index (χ3v) is 4.37. The zero-order valence-corrected chi connectivity index (χ0v) is 15.1. The predicted octanol–water partition coefficient (Wildman–Crippen LogP) is 4.85. The Hall–Kier alpha value is -3.41. The number of aryl methyl sites for hydroxylation is 1. The van der Waals surface area contributed by atoms with Crippen molar-refractivity contribution >= 4 is 28.1 Å². The summed E-state index contributed by atoms with van der Waals surface area (Å²) in [6, 6.07) is 17.9. The first kappa shape index (κ1) is 18.4. The minimum Gasteiger partial charge on any atom is -0.480 e. The van der Waals surface area contributed by atoms with Gasteiger partial charge in [0, 0.05) is 17.5 Å². The number of amides is 1. The number of hydrogen-bond acceptors (Lipinski definition) is 4. The summed E-state index contributed by atoms with van der Waals surface area (Å²) in [5.41, 5.74) is 1.09. The number of fused-ring (bicyclic) bond motifs is 1. The molecule has 0 aliphatic rings. The van der Waals surface area contributed by atoms with Gasteiger partial charge >= 0.3 is 0 Å². The van der Waals surface area contributed by atoms with Crippen LogP contribution in [0.25, 0.3) is 10.8 Å². The average Bonchev–Trinajstić information content (AvgIpc) is 2.67. The number of non-ortho nitro benzene ring substituents is 1. The van der Waals surface area contributed by atoms with E-state index < -0.39 is 11.0 Å². The Balaban J connectivity index is 1.82. The molecule has 1 atom stereocenters. The van der Waals surface area contributed by atoms with Crippen molar-refractivity contribution in [2.45, 2.75) is 26.4 Å². The number of nitrogens with one attached hydrogen (secondary N) is 1. The van der Waals surface area contributed by atoms with Crippen LogP contribution in [0, 0.1) is 17.0 Å². The van der Waals surface area contributed by atoms with E-state index in [9.17, 15) is 14.9 Å². The van der Waals surface area contributed by atoms with Crippen molar-refractivity contribution in [1.29, 1.82) is 0 Å². The van der Waals surface area contributed by atoms with Gasteiger partial charge in [-0.2, -0.15) is 0 Å². The SMILES string of the molecule is CC[C@@H](Oc1cccc2ccccc12)C(=O)Nc1cc([N+](=O)[O-])ccc1C. The zero-order valence-electron chi connectivity index (χ0n) is 15.1. The summed E-state index contributed by atoms with van der Waals surface area (Å²) in [7, 11) is 0. The van der Waals surface area contributed by atoms with E-state index in [1.54, 1.807) is 13.0 Å². The van der Waals surface area contributed by atoms with Gasteiger partial charge in [0.25, 0.3) is 11.6 Å². The Morgan fingerprint density at radius 2 is 1.89 bits per heavy atom. The highest BCUT2D eigenvalue weighted by Crippen LogP contribution is 2.27. The Bertz CT molecular complexity index is 995. The number of nitrogens with zero attached hydrogens (tertiary/aromatic N) is 1. The highest BCUT2D eigenvalue weighted by Gasteiger charge is 2.21. The number of nitro benzene ring substituents is 1. The van der Waals surface area contributed by atoms with Gasteiger partial charge in [-0.25, -0.2) is 0 Å². The van der Waals surface area contributed by atoms with Crippen LogP contribution in [0.1, 0.15) is 18.9 Å². The van der Waals surface area contributed by atoms with Crippen molar-refractivity contribution in [2.24, 2.45) is 0 Å². The number of rotatable bonds is 6. The van der Waals surface area contributed by atoms with Crippen molar-refractivity contribution < 1.29 is 14.5 Å². The third kappa shape index (κ3) is 4.06. The van der Waals surface area contributed by atoms with E-state index in [0.717, 1.165) is 16.3 Å². The van der Waals surface area contributed by atoms with Crippen LogP contribution in [0.4, 0.5) is 11.4 Å². The van der Waals surface area contributed by atoms with E-state index in [1.807, 2.05) is 49.4 Å². The minimum atomic E-state index is -0.713. The van der Waals surface area contributed by atoms with Gasteiger partial charge in [-0.3, -0.25) is 14.9 Å². The lowest BCUT2D eigenvalue weighted by Gasteiger charge is -2.19. The molecule has 0 aromatic heterocycles. The quantitative estimate of drug-likeness (QED) is 0.500. The van der Waals surface area contributed by atoms with Gasteiger partial charge in [0.2, 0.25) is 0 Å². The molecule has 138 valence electrons. The first-order chi connectivity index (χ1) is 13.0. The molecule has 6 heteroatoms. The number of carbonyl (C=O) groups is 1. The van der Waals surface area contributed by atoms with Gasteiger partial charge in [0.05, 0.1) is 10.6 Å². The molecular weight excluding hydrogens is 344 g/mol. The first-order valence-corrected chi connectivity index (χ1v) is 8.70. The fourth-order valence-corrected chi connectivity index (χ4v) is 2.85. The molecule has 6 nitrogen and oxygen atoms in total. The standard InChI is InChI=1S/C21H20N2O4/c1-3-19(27-20-10-6-8-15-7-4-5-9-17(15)20)21(24)22-18-13-16(23(25)26)12-11-14(18)2/h4-13,19H,3H2,1-2H3,(H,22,24)/t19-/m1/s1. The van der Waals surface area contributed by atoms with Gasteiger partial charge < -0.3 is 10.1 Å². The molecule has 1 N–H and O–H groups in total. The summed E-state index contributed by atoms with van der Waals surface area (Å²) in [5.74, 6) is 0.292. The van der Waals surface area contributed by atoms with Crippen molar-refractivity contribution in [3.05, 3.63) is 76.3 Å². The second-order valence-corrected chi connectivity index (χ2v) is 6.24. The van der Waals surface area contributed by atoms with Gasteiger partial charge in [-0.05, 0) is 30.4 Å². The summed E-state index contributed by atoms with van der Waals surface area (Å²) in [6.45, 7) is 3.64. The van der Waals surface area contributed by atoms with Gasteiger partial charge in [0.15, 0.2) is 6.10 Å². The van der Waals surface area contributed by atoms with Crippen LogP contribution in [-0.4, -0.2) is 16.9 Å². The van der Waals surface area contributed by atoms with Crippen molar-refractivity contribution in [2.75, 3.05) is 5.32 Å². The molecule has 0 saturated carbocycles. The summed E-state index contributed by atoms with van der Waals surface area (Å²) in [5, 5.41) is 15.7. The molecule has 0 unspecified atom stereocenters. The Labute approximate surface area is 156 Å². The maximum atomic E-state index is 12.7. The van der Waals surface area contributed by atoms with E-state index >= 15 is 0 Å². The van der Waals surface area contributed by atoms with Crippen LogP contribution in [0.3, 0.4) is 0 Å². The van der Waals surface area contributed by atoms with Crippen molar-refractivity contribution in [1.82, 2.24) is 0 Å². The molecule has 0 fully saturated rings. The van der Waals surface area contributed by atoms with E-state index in [4.69, 9.17) is 4.74 Å². The van der Waals surface area contributed by atoms with Crippen LogP contribution in [-0.2, 0) is 4.79 Å². The summed E-state index contributed by atoms with van der Waals surface area (Å²) in [6.07, 6.45) is -0.252. The molecule has 0 aliphatic heterocycles. The van der Waals surface area contributed by atoms with E-state index in [0.29, 0.717) is 17.9 Å². The minimum absolute atomic E-state index is 0.0704. The molecule has 0 saturated heterocycles. The molecule has 0 aliphatic carbocycles. The maximum absolute atomic E-state index is 12.7. The molecule has 3 aromatic carbocycles.